The summed E-state index contributed by atoms with van der Waals surface area (Å²) < 4.78 is 5.84. The highest BCUT2D eigenvalue weighted by atomic mass is 79.9. The maximum Gasteiger partial charge on any atom is 0.407 e. The maximum atomic E-state index is 10.7. The van der Waals surface area contributed by atoms with E-state index in [0.717, 1.165) is 8.66 Å². The van der Waals surface area contributed by atoms with Crippen LogP contribution in [-0.2, 0) is 4.74 Å². The fourth-order valence-electron chi connectivity index (χ4n) is 1.05. The Balaban J connectivity index is 2.15. The maximum absolute atomic E-state index is 10.7. The first-order valence-corrected chi connectivity index (χ1v) is 5.05. The molecule has 0 spiro atoms. The molecule has 1 fully saturated rings. The van der Waals surface area contributed by atoms with Gasteiger partial charge in [-0.15, -0.1) is 11.3 Å². The molecule has 1 N–H and O–H groups in total. The number of hydrogen-bond acceptors (Lipinski definition) is 3. The zero-order valence-corrected chi connectivity index (χ0v) is 8.44. The Morgan fingerprint density at radius 1 is 1.67 bits per heavy atom. The van der Waals surface area contributed by atoms with Crippen LogP contribution < -0.4 is 5.32 Å². The number of ether oxygens (including phenoxy) is 1. The highest BCUT2D eigenvalue weighted by Gasteiger charge is 2.24. The van der Waals surface area contributed by atoms with Crippen molar-refractivity contribution in [2.24, 2.45) is 0 Å². The largest absolute Gasteiger partial charge is 0.447 e. The van der Waals surface area contributed by atoms with Crippen LogP contribution in [0.4, 0.5) is 4.79 Å². The smallest absolute Gasteiger partial charge is 0.407 e. The second-order valence-corrected chi connectivity index (χ2v) is 4.93. The molecule has 1 aliphatic rings. The molecule has 1 aliphatic heterocycles. The number of alkyl carbamates (subject to hydrolysis) is 1. The molecule has 64 valence electrons. The van der Waals surface area contributed by atoms with Crippen molar-refractivity contribution in [3.05, 3.63) is 20.8 Å². The number of rotatable bonds is 1. The molecule has 3 nitrogen and oxygen atoms in total. The summed E-state index contributed by atoms with van der Waals surface area (Å²) >= 11 is 4.97. The van der Waals surface area contributed by atoms with E-state index in [1.807, 2.05) is 12.1 Å². The van der Waals surface area contributed by atoms with Crippen LogP contribution in [0.1, 0.15) is 10.9 Å². The molecule has 1 amide bonds. The van der Waals surface area contributed by atoms with Crippen LogP contribution in [0.2, 0.25) is 0 Å². The van der Waals surface area contributed by atoms with E-state index < -0.39 is 0 Å². The number of nitrogens with one attached hydrogen (secondary N) is 1. The number of thiophene rings is 1. The van der Waals surface area contributed by atoms with Gasteiger partial charge in [0.15, 0.2) is 0 Å². The molecule has 1 aromatic rings. The number of carbonyl (C=O) groups is 1. The molecule has 2 rings (SSSR count). The molecule has 1 saturated heterocycles. The Morgan fingerprint density at radius 2 is 2.50 bits per heavy atom. The average molecular weight is 248 g/mol. The van der Waals surface area contributed by atoms with Crippen molar-refractivity contribution < 1.29 is 9.53 Å². The van der Waals surface area contributed by atoms with Gasteiger partial charge in [-0.1, -0.05) is 0 Å². The molecule has 1 aromatic heterocycles. The third-order valence-electron chi connectivity index (χ3n) is 1.61. The van der Waals surface area contributed by atoms with E-state index in [4.69, 9.17) is 4.74 Å². The minimum atomic E-state index is -0.329. The second kappa shape index (κ2) is 3.06. The van der Waals surface area contributed by atoms with Crippen molar-refractivity contribution >= 4 is 33.4 Å². The number of halogens is 1. The van der Waals surface area contributed by atoms with Crippen LogP contribution in [-0.4, -0.2) is 12.7 Å². The lowest BCUT2D eigenvalue weighted by molar-refractivity contribution is 0.177. The van der Waals surface area contributed by atoms with Crippen molar-refractivity contribution in [1.29, 1.82) is 0 Å². The number of carbonyl (C=O) groups excluding carboxylic acids is 1. The van der Waals surface area contributed by atoms with Gasteiger partial charge in [-0.2, -0.15) is 0 Å². The third kappa shape index (κ3) is 1.47. The van der Waals surface area contributed by atoms with Crippen molar-refractivity contribution in [1.82, 2.24) is 5.32 Å². The first-order valence-electron chi connectivity index (χ1n) is 3.44. The summed E-state index contributed by atoms with van der Waals surface area (Å²) in [6, 6.07) is 3.98. The summed E-state index contributed by atoms with van der Waals surface area (Å²) in [5, 5.41) is 2.71. The van der Waals surface area contributed by atoms with Gasteiger partial charge < -0.3 is 10.1 Å². The Kier molecular flexibility index (Phi) is 2.06. The van der Waals surface area contributed by atoms with Crippen molar-refractivity contribution in [3.63, 3.8) is 0 Å². The fourth-order valence-corrected chi connectivity index (χ4v) is 2.51. The predicted octanol–water partition coefficient (Wildman–Crippen LogP) is 2.29. The monoisotopic (exact) mass is 247 g/mol. The number of cyclic esters (lactones) is 1. The van der Waals surface area contributed by atoms with Crippen molar-refractivity contribution in [3.8, 4) is 0 Å². The molecule has 12 heavy (non-hydrogen) atoms. The zero-order chi connectivity index (χ0) is 8.55. The lowest BCUT2D eigenvalue weighted by atomic mass is 10.3. The van der Waals surface area contributed by atoms with Crippen molar-refractivity contribution in [2.45, 2.75) is 6.04 Å². The van der Waals surface area contributed by atoms with E-state index in [9.17, 15) is 4.79 Å². The van der Waals surface area contributed by atoms with Crippen LogP contribution in [0.3, 0.4) is 0 Å². The lowest BCUT2D eigenvalue weighted by Gasteiger charge is -2.01. The molecule has 0 bridgehead atoms. The predicted molar refractivity (Wildman–Crippen MR) is 49.2 cm³/mol. The molecule has 1 atom stereocenters. The summed E-state index contributed by atoms with van der Waals surface area (Å²) in [7, 11) is 0. The van der Waals surface area contributed by atoms with Gasteiger partial charge >= 0.3 is 6.09 Å². The molecule has 0 aromatic carbocycles. The van der Waals surface area contributed by atoms with E-state index in [1.165, 1.54) is 0 Å². The quantitative estimate of drug-likeness (QED) is 0.828. The van der Waals surface area contributed by atoms with Gasteiger partial charge in [-0.3, -0.25) is 0 Å². The molecule has 0 aliphatic carbocycles. The molecular weight excluding hydrogens is 242 g/mol. The Hall–Kier alpha value is -0.550. The van der Waals surface area contributed by atoms with Crippen LogP contribution in [0.25, 0.3) is 0 Å². The van der Waals surface area contributed by atoms with Gasteiger partial charge in [0.1, 0.15) is 12.6 Å². The minimum Gasteiger partial charge on any atom is -0.447 e. The Morgan fingerprint density at radius 3 is 3.00 bits per heavy atom. The Labute approximate surface area is 81.9 Å². The first-order chi connectivity index (χ1) is 5.75. The normalized spacial score (nSPS) is 22.1. The van der Waals surface area contributed by atoms with Crippen molar-refractivity contribution in [2.75, 3.05) is 6.61 Å². The van der Waals surface area contributed by atoms with E-state index in [-0.39, 0.29) is 12.1 Å². The SMILES string of the molecule is O=C1N[C@@H](c2ccc(Br)s2)CO1. The fraction of sp³-hybridized carbons (Fsp3) is 0.286. The van der Waals surface area contributed by atoms with E-state index in [1.54, 1.807) is 11.3 Å². The zero-order valence-electron chi connectivity index (χ0n) is 6.04. The van der Waals surface area contributed by atoms with Crippen LogP contribution >= 0.6 is 27.3 Å². The molecule has 0 unspecified atom stereocenters. The average Bonchev–Trinajstić information content (AvgIpc) is 2.58. The molecule has 5 heteroatoms. The summed E-state index contributed by atoms with van der Waals surface area (Å²) in [6.45, 7) is 0.436. The molecule has 2 heterocycles. The molecule has 0 radical (unpaired) electrons. The summed E-state index contributed by atoms with van der Waals surface area (Å²) in [5.41, 5.74) is 0. The second-order valence-electron chi connectivity index (χ2n) is 2.44. The summed E-state index contributed by atoms with van der Waals surface area (Å²) in [6.07, 6.45) is -0.329. The summed E-state index contributed by atoms with van der Waals surface area (Å²) in [5.74, 6) is 0. The van der Waals surface area contributed by atoms with Gasteiger partial charge in [0.05, 0.1) is 3.79 Å². The first kappa shape index (κ1) is 8.07. The lowest BCUT2D eigenvalue weighted by Crippen LogP contribution is -2.17. The van der Waals surface area contributed by atoms with Crippen LogP contribution in [0.15, 0.2) is 15.9 Å². The van der Waals surface area contributed by atoms with Crippen LogP contribution in [0.5, 0.6) is 0 Å². The molecular formula is C7H6BrNO2S. The number of amides is 1. The van der Waals surface area contributed by atoms with Gasteiger partial charge in [0.2, 0.25) is 0 Å². The van der Waals surface area contributed by atoms with Gasteiger partial charge in [-0.25, -0.2) is 4.79 Å². The van der Waals surface area contributed by atoms with Gasteiger partial charge in [0.25, 0.3) is 0 Å². The van der Waals surface area contributed by atoms with Gasteiger partial charge in [0, 0.05) is 4.88 Å². The standard InChI is InChI=1S/C7H6BrNO2S/c8-6-2-1-5(12-6)4-3-11-7(10)9-4/h1-2,4H,3H2,(H,9,10)/t4-/m1/s1. The van der Waals surface area contributed by atoms with E-state index in [0.29, 0.717) is 6.61 Å². The Bertz CT molecular complexity index is 312. The van der Waals surface area contributed by atoms with Crippen LogP contribution in [0, 0.1) is 0 Å². The highest BCUT2D eigenvalue weighted by Crippen LogP contribution is 2.29. The molecule has 0 saturated carbocycles. The minimum absolute atomic E-state index is 0.0359. The third-order valence-corrected chi connectivity index (χ3v) is 3.35. The van der Waals surface area contributed by atoms with Gasteiger partial charge in [-0.05, 0) is 28.1 Å². The number of hydrogen-bond donors (Lipinski definition) is 1. The van der Waals surface area contributed by atoms with E-state index >= 15 is 0 Å². The van der Waals surface area contributed by atoms with E-state index in [2.05, 4.69) is 21.2 Å². The summed E-state index contributed by atoms with van der Waals surface area (Å²) in [4.78, 5) is 11.8. The topological polar surface area (TPSA) is 38.3 Å². The highest BCUT2D eigenvalue weighted by molar-refractivity contribution is 9.11.